The molecule has 3 nitrogen and oxygen atoms in total. The van der Waals surface area contributed by atoms with Gasteiger partial charge in [-0.25, -0.2) is 0 Å². The van der Waals surface area contributed by atoms with Gasteiger partial charge in [0.05, 0.1) is 0 Å². The standard InChI is InChI=1S/C40H64O3/c1-30(2)17-16-18-31(3)35-22-23-36-34-21-20-32-29-33(24-26-39(32,4)37(34)25-27-40(35,36)5)43-38(42)19-14-12-10-8-6-7-9-11-13-15-28-41/h9,11,13,15,20,28,30-31,33-37H,6-8,10,12,14,16-19,21-27,29H2,1-5H3/b11-9-,15-13+/t31-,33+,34+,35-,36+,37+,39+,40-/m1/s1. The maximum Gasteiger partial charge on any atom is 0.306 e. The van der Waals surface area contributed by atoms with Crippen LogP contribution in [0.5, 0.6) is 0 Å². The molecule has 0 N–H and O–H groups in total. The van der Waals surface area contributed by atoms with Crippen LogP contribution >= 0.6 is 0 Å². The zero-order valence-electron chi connectivity index (χ0n) is 28.5. The molecule has 0 bridgehead atoms. The molecule has 4 rings (SSSR count). The number of esters is 1. The first-order valence-corrected chi connectivity index (χ1v) is 18.3. The van der Waals surface area contributed by atoms with Crippen molar-refractivity contribution in [3.63, 3.8) is 0 Å². The highest BCUT2D eigenvalue weighted by Crippen LogP contribution is 2.67. The van der Waals surface area contributed by atoms with Crippen LogP contribution in [0.3, 0.4) is 0 Å². The lowest BCUT2D eigenvalue weighted by atomic mass is 9.47. The summed E-state index contributed by atoms with van der Waals surface area (Å²) >= 11 is 0. The van der Waals surface area contributed by atoms with E-state index < -0.39 is 0 Å². The van der Waals surface area contributed by atoms with Crippen LogP contribution in [0, 0.1) is 46.3 Å². The summed E-state index contributed by atoms with van der Waals surface area (Å²) in [7, 11) is 0. The molecule has 3 fully saturated rings. The molecule has 242 valence electrons. The average Bonchev–Trinajstić information content (AvgIpc) is 3.33. The van der Waals surface area contributed by atoms with Crippen molar-refractivity contribution in [1.29, 1.82) is 0 Å². The fourth-order valence-corrected chi connectivity index (χ4v) is 10.3. The van der Waals surface area contributed by atoms with E-state index in [1.54, 1.807) is 11.6 Å². The number of carbonyl (C=O) groups excluding carboxylic acids is 2. The maximum atomic E-state index is 12.7. The molecular weight excluding hydrogens is 528 g/mol. The number of allylic oxidation sites excluding steroid dienone is 5. The third kappa shape index (κ3) is 8.55. The summed E-state index contributed by atoms with van der Waals surface area (Å²) in [6.07, 6.45) is 32.4. The summed E-state index contributed by atoms with van der Waals surface area (Å²) in [5.74, 6) is 5.20. The molecule has 43 heavy (non-hydrogen) atoms. The highest BCUT2D eigenvalue weighted by Gasteiger charge is 2.59. The monoisotopic (exact) mass is 592 g/mol. The molecule has 0 unspecified atom stereocenters. The minimum Gasteiger partial charge on any atom is -0.462 e. The first-order valence-electron chi connectivity index (χ1n) is 18.3. The van der Waals surface area contributed by atoms with Gasteiger partial charge in [-0.15, -0.1) is 0 Å². The Morgan fingerprint density at radius 3 is 2.49 bits per heavy atom. The molecule has 3 heteroatoms. The third-order valence-corrected chi connectivity index (χ3v) is 12.7. The Morgan fingerprint density at radius 2 is 1.70 bits per heavy atom. The van der Waals surface area contributed by atoms with E-state index in [1.165, 1.54) is 76.7 Å². The zero-order valence-corrected chi connectivity index (χ0v) is 28.5. The Kier molecular flexibility index (Phi) is 12.8. The lowest BCUT2D eigenvalue weighted by Gasteiger charge is -2.58. The molecule has 0 saturated heterocycles. The number of hydrogen-bond donors (Lipinski definition) is 0. The summed E-state index contributed by atoms with van der Waals surface area (Å²) in [5.41, 5.74) is 2.47. The van der Waals surface area contributed by atoms with Gasteiger partial charge >= 0.3 is 5.97 Å². The summed E-state index contributed by atoms with van der Waals surface area (Å²) in [6.45, 7) is 12.6. The van der Waals surface area contributed by atoms with E-state index in [-0.39, 0.29) is 12.1 Å². The molecule has 0 spiro atoms. The van der Waals surface area contributed by atoms with Gasteiger partial charge in [-0.3, -0.25) is 9.59 Å². The molecule has 8 atom stereocenters. The minimum absolute atomic E-state index is 0.0146. The number of hydrogen-bond acceptors (Lipinski definition) is 3. The molecular formula is C40H64O3. The largest absolute Gasteiger partial charge is 0.462 e. The van der Waals surface area contributed by atoms with E-state index in [2.05, 4.69) is 46.8 Å². The molecule has 0 amide bonds. The van der Waals surface area contributed by atoms with Crippen LogP contribution in [-0.2, 0) is 14.3 Å². The van der Waals surface area contributed by atoms with Crippen molar-refractivity contribution in [2.24, 2.45) is 46.3 Å². The molecule has 0 aliphatic heterocycles. The van der Waals surface area contributed by atoms with Crippen molar-refractivity contribution in [3.05, 3.63) is 36.0 Å². The fraction of sp³-hybridized carbons (Fsp3) is 0.800. The van der Waals surface area contributed by atoms with Crippen molar-refractivity contribution in [1.82, 2.24) is 0 Å². The van der Waals surface area contributed by atoms with Gasteiger partial charge in [0.2, 0.25) is 0 Å². The van der Waals surface area contributed by atoms with E-state index in [0.717, 1.165) is 80.3 Å². The van der Waals surface area contributed by atoms with Crippen LogP contribution in [0.1, 0.15) is 150 Å². The number of aldehydes is 1. The predicted octanol–water partition coefficient (Wildman–Crippen LogP) is 11.0. The summed E-state index contributed by atoms with van der Waals surface area (Å²) in [6, 6.07) is 0. The summed E-state index contributed by atoms with van der Waals surface area (Å²) in [4.78, 5) is 23.0. The third-order valence-electron chi connectivity index (χ3n) is 12.7. The highest BCUT2D eigenvalue weighted by atomic mass is 16.5. The van der Waals surface area contributed by atoms with Gasteiger partial charge in [0.1, 0.15) is 12.4 Å². The Hall–Kier alpha value is -1.64. The smallest absolute Gasteiger partial charge is 0.306 e. The van der Waals surface area contributed by atoms with Gasteiger partial charge in [0.15, 0.2) is 0 Å². The van der Waals surface area contributed by atoms with Gasteiger partial charge in [-0.1, -0.05) is 103 Å². The zero-order chi connectivity index (χ0) is 30.9. The average molecular weight is 593 g/mol. The number of carbonyl (C=O) groups is 2. The molecule has 0 aromatic heterocycles. The van der Waals surface area contributed by atoms with Crippen LogP contribution < -0.4 is 0 Å². The normalized spacial score (nSPS) is 34.6. The van der Waals surface area contributed by atoms with Crippen molar-refractivity contribution in [3.8, 4) is 0 Å². The van der Waals surface area contributed by atoms with Crippen molar-refractivity contribution in [2.75, 3.05) is 0 Å². The molecule has 0 heterocycles. The van der Waals surface area contributed by atoms with Crippen molar-refractivity contribution in [2.45, 2.75) is 156 Å². The van der Waals surface area contributed by atoms with E-state index in [9.17, 15) is 9.59 Å². The maximum absolute atomic E-state index is 12.7. The van der Waals surface area contributed by atoms with Gasteiger partial charge in [-0.2, -0.15) is 0 Å². The van der Waals surface area contributed by atoms with Crippen molar-refractivity contribution < 1.29 is 14.3 Å². The quantitative estimate of drug-likeness (QED) is 0.0447. The molecule has 4 aliphatic carbocycles. The molecule has 0 aromatic rings. The second kappa shape index (κ2) is 16.1. The van der Waals surface area contributed by atoms with Crippen LogP contribution in [0.25, 0.3) is 0 Å². The number of unbranched alkanes of at least 4 members (excludes halogenated alkanes) is 5. The van der Waals surface area contributed by atoms with Crippen LogP contribution in [-0.4, -0.2) is 18.4 Å². The number of fused-ring (bicyclic) bond motifs is 5. The minimum atomic E-state index is 0.0146. The SMILES string of the molecule is CC(C)CCC[C@@H](C)[C@H]1CC[C@H]2[C@@H]3CC=C4C[C@@H](OC(=O)CCCCCCC/C=C\C=C\C=O)CC[C@]4(C)[C@H]3CC[C@]12C. The lowest BCUT2D eigenvalue weighted by Crippen LogP contribution is -2.51. The fourth-order valence-electron chi connectivity index (χ4n) is 10.3. The second-order valence-electron chi connectivity index (χ2n) is 15.9. The number of rotatable bonds is 16. The Balaban J connectivity index is 1.21. The summed E-state index contributed by atoms with van der Waals surface area (Å²) in [5, 5.41) is 0. The van der Waals surface area contributed by atoms with Gasteiger partial charge in [0.25, 0.3) is 0 Å². The van der Waals surface area contributed by atoms with E-state index >= 15 is 0 Å². The topological polar surface area (TPSA) is 43.4 Å². The van der Waals surface area contributed by atoms with Crippen LogP contribution in [0.15, 0.2) is 36.0 Å². The number of ether oxygens (including phenoxy) is 1. The second-order valence-corrected chi connectivity index (χ2v) is 15.9. The molecule has 3 saturated carbocycles. The van der Waals surface area contributed by atoms with Crippen molar-refractivity contribution >= 4 is 12.3 Å². The van der Waals surface area contributed by atoms with Crippen LogP contribution in [0.2, 0.25) is 0 Å². The molecule has 0 aromatic carbocycles. The van der Waals surface area contributed by atoms with E-state index in [0.29, 0.717) is 17.3 Å². The van der Waals surface area contributed by atoms with E-state index in [4.69, 9.17) is 4.74 Å². The van der Waals surface area contributed by atoms with Gasteiger partial charge in [-0.05, 0) is 117 Å². The first-order chi connectivity index (χ1) is 20.7. The lowest BCUT2D eigenvalue weighted by molar-refractivity contribution is -0.151. The molecule has 4 aliphatic rings. The Morgan fingerprint density at radius 1 is 0.907 bits per heavy atom. The van der Waals surface area contributed by atoms with Crippen LogP contribution in [0.4, 0.5) is 0 Å². The highest BCUT2D eigenvalue weighted by molar-refractivity contribution is 5.69. The van der Waals surface area contributed by atoms with Gasteiger partial charge in [0, 0.05) is 12.8 Å². The predicted molar refractivity (Wildman–Crippen MR) is 180 cm³/mol. The van der Waals surface area contributed by atoms with E-state index in [1.807, 2.05) is 6.08 Å². The Labute approximate surface area is 264 Å². The van der Waals surface area contributed by atoms with Gasteiger partial charge < -0.3 is 4.74 Å². The summed E-state index contributed by atoms with van der Waals surface area (Å²) < 4.78 is 6.07. The molecule has 0 radical (unpaired) electrons. The Bertz CT molecular complexity index is 990. The first kappa shape index (κ1) is 34.2.